The largest absolute Gasteiger partial charge is 0.492 e. The number of cyclic esters (lactones) is 1. The summed E-state index contributed by atoms with van der Waals surface area (Å²) in [5.41, 5.74) is 2.48. The lowest BCUT2D eigenvalue weighted by molar-refractivity contribution is -0.0688. The van der Waals surface area contributed by atoms with Gasteiger partial charge in [0.05, 0.1) is 18.2 Å². The third kappa shape index (κ3) is 3.38. The van der Waals surface area contributed by atoms with E-state index in [-0.39, 0.29) is 35.7 Å². The first-order valence-electron chi connectivity index (χ1n) is 7.90. The van der Waals surface area contributed by atoms with Gasteiger partial charge in [0.1, 0.15) is 6.61 Å². The molecule has 0 saturated carbocycles. The molecule has 0 aromatic heterocycles. The highest BCUT2D eigenvalue weighted by atomic mass is 35.5. The third-order valence-electron chi connectivity index (χ3n) is 4.15. The molecule has 0 spiro atoms. The Hall–Kier alpha value is -2.57. The molecule has 0 fully saturated rings. The Bertz CT molecular complexity index is 877. The lowest BCUT2D eigenvalue weighted by Crippen LogP contribution is -2.28. The highest BCUT2D eigenvalue weighted by molar-refractivity contribution is 6.31. The van der Waals surface area contributed by atoms with Crippen molar-refractivity contribution in [2.45, 2.75) is 26.2 Å². The van der Waals surface area contributed by atoms with Crippen LogP contribution < -0.4 is 9.47 Å². The van der Waals surface area contributed by atoms with Crippen LogP contribution in [0.1, 0.15) is 37.4 Å². The predicted molar refractivity (Wildman–Crippen MR) is 94.0 cm³/mol. The minimum atomic E-state index is -1.29. The van der Waals surface area contributed by atoms with E-state index in [1.165, 1.54) is 13.2 Å². The first-order chi connectivity index (χ1) is 12.4. The molecule has 1 heterocycles. The molecule has 26 heavy (non-hydrogen) atoms. The van der Waals surface area contributed by atoms with E-state index in [2.05, 4.69) is 0 Å². The molecule has 1 aliphatic heterocycles. The van der Waals surface area contributed by atoms with E-state index in [1.807, 2.05) is 25.1 Å². The molecule has 7 heteroatoms. The standard InChI is InChI=1S/C19H17ClO6/c1-10-3-4-11(15(20)5-10)9-25-16-6-13-12(7-17(22)26-19(13)23)14(8-21)18(16)24-2/h3-6,8,17,22H,7,9H2,1-2H3. The first-order valence-corrected chi connectivity index (χ1v) is 8.28. The highest BCUT2D eigenvalue weighted by Gasteiger charge is 2.31. The van der Waals surface area contributed by atoms with Gasteiger partial charge < -0.3 is 19.3 Å². The van der Waals surface area contributed by atoms with Gasteiger partial charge in [0.2, 0.25) is 6.29 Å². The second-order valence-electron chi connectivity index (χ2n) is 5.91. The van der Waals surface area contributed by atoms with Gasteiger partial charge >= 0.3 is 5.97 Å². The summed E-state index contributed by atoms with van der Waals surface area (Å²) in [5, 5.41) is 10.2. The number of halogens is 1. The van der Waals surface area contributed by atoms with Crippen molar-refractivity contribution in [1.82, 2.24) is 0 Å². The summed E-state index contributed by atoms with van der Waals surface area (Å²) in [6.45, 7) is 2.06. The molecule has 0 amide bonds. The van der Waals surface area contributed by atoms with E-state index in [1.54, 1.807) is 0 Å². The van der Waals surface area contributed by atoms with Crippen LogP contribution >= 0.6 is 11.6 Å². The zero-order valence-electron chi connectivity index (χ0n) is 14.2. The average molecular weight is 377 g/mol. The zero-order valence-corrected chi connectivity index (χ0v) is 15.0. The maximum atomic E-state index is 12.1. The molecule has 1 N–H and O–H groups in total. The van der Waals surface area contributed by atoms with Gasteiger partial charge in [-0.3, -0.25) is 4.79 Å². The van der Waals surface area contributed by atoms with Crippen LogP contribution in [0, 0.1) is 6.92 Å². The van der Waals surface area contributed by atoms with Crippen molar-refractivity contribution in [2.75, 3.05) is 7.11 Å². The fourth-order valence-electron chi connectivity index (χ4n) is 2.87. The normalized spacial score (nSPS) is 15.8. The summed E-state index contributed by atoms with van der Waals surface area (Å²) in [4.78, 5) is 23.7. The number of benzene rings is 2. The second-order valence-corrected chi connectivity index (χ2v) is 6.32. The minimum absolute atomic E-state index is 0.00950. The quantitative estimate of drug-likeness (QED) is 0.638. The summed E-state index contributed by atoms with van der Waals surface area (Å²) in [6.07, 6.45) is -0.707. The van der Waals surface area contributed by atoms with Gasteiger partial charge in [-0.1, -0.05) is 23.7 Å². The molecule has 1 aliphatic rings. The monoisotopic (exact) mass is 376 g/mol. The summed E-state index contributed by atoms with van der Waals surface area (Å²) in [6, 6.07) is 7.02. The van der Waals surface area contributed by atoms with Crippen molar-refractivity contribution in [3.05, 3.63) is 57.1 Å². The molecule has 1 unspecified atom stereocenters. The number of aliphatic hydroxyl groups is 1. The van der Waals surface area contributed by atoms with Crippen molar-refractivity contribution in [1.29, 1.82) is 0 Å². The Kier molecular flexibility index (Phi) is 5.15. The Morgan fingerprint density at radius 3 is 2.81 bits per heavy atom. The number of aryl methyl sites for hydroxylation is 1. The Labute approximate surface area is 155 Å². The van der Waals surface area contributed by atoms with Crippen molar-refractivity contribution >= 4 is 23.9 Å². The fraction of sp³-hybridized carbons (Fsp3) is 0.263. The molecule has 6 nitrogen and oxygen atoms in total. The van der Waals surface area contributed by atoms with Crippen LogP contribution in [0.5, 0.6) is 11.5 Å². The number of aliphatic hydroxyl groups excluding tert-OH is 1. The number of carbonyl (C=O) groups is 2. The van der Waals surface area contributed by atoms with Gasteiger partial charge in [-0.25, -0.2) is 4.79 Å². The number of hydrogen-bond acceptors (Lipinski definition) is 6. The number of aldehydes is 1. The van der Waals surface area contributed by atoms with Crippen LogP contribution in [0.2, 0.25) is 5.02 Å². The number of hydrogen-bond donors (Lipinski definition) is 1. The van der Waals surface area contributed by atoms with E-state index in [0.717, 1.165) is 11.1 Å². The van der Waals surface area contributed by atoms with E-state index in [9.17, 15) is 14.7 Å². The lowest BCUT2D eigenvalue weighted by Gasteiger charge is -2.24. The molecule has 2 aromatic rings. The molecule has 0 aliphatic carbocycles. The summed E-state index contributed by atoms with van der Waals surface area (Å²) in [5.74, 6) is -0.301. The number of carbonyl (C=O) groups excluding carboxylic acids is 2. The van der Waals surface area contributed by atoms with Gasteiger partial charge in [0.15, 0.2) is 17.8 Å². The maximum absolute atomic E-state index is 12.1. The molecular weight excluding hydrogens is 360 g/mol. The van der Waals surface area contributed by atoms with E-state index in [4.69, 9.17) is 25.8 Å². The summed E-state index contributed by atoms with van der Waals surface area (Å²) in [7, 11) is 1.40. The molecule has 0 radical (unpaired) electrons. The summed E-state index contributed by atoms with van der Waals surface area (Å²) < 4.78 is 15.9. The molecule has 1 atom stereocenters. The smallest absolute Gasteiger partial charge is 0.340 e. The van der Waals surface area contributed by atoms with Gasteiger partial charge in [0.25, 0.3) is 0 Å². The van der Waals surface area contributed by atoms with Gasteiger partial charge in [-0.05, 0) is 30.2 Å². The van der Waals surface area contributed by atoms with Crippen LogP contribution in [0.15, 0.2) is 24.3 Å². The minimum Gasteiger partial charge on any atom is -0.492 e. The molecule has 0 saturated heterocycles. The van der Waals surface area contributed by atoms with Crippen LogP contribution in [-0.4, -0.2) is 30.8 Å². The number of esters is 1. The lowest BCUT2D eigenvalue weighted by atomic mass is 9.95. The fourth-order valence-corrected chi connectivity index (χ4v) is 3.16. The van der Waals surface area contributed by atoms with Crippen LogP contribution in [0.3, 0.4) is 0 Å². The number of methoxy groups -OCH3 is 1. The van der Waals surface area contributed by atoms with Gasteiger partial charge in [-0.2, -0.15) is 0 Å². The first kappa shape index (κ1) is 18.2. The molecule has 2 aromatic carbocycles. The van der Waals surface area contributed by atoms with Crippen molar-refractivity contribution in [2.24, 2.45) is 0 Å². The van der Waals surface area contributed by atoms with Gasteiger partial charge in [0, 0.05) is 17.0 Å². The van der Waals surface area contributed by atoms with E-state index >= 15 is 0 Å². The van der Waals surface area contributed by atoms with Crippen LogP contribution in [-0.2, 0) is 17.8 Å². The maximum Gasteiger partial charge on any atom is 0.340 e. The number of fused-ring (bicyclic) bond motifs is 1. The summed E-state index contributed by atoms with van der Waals surface area (Å²) >= 11 is 6.21. The van der Waals surface area contributed by atoms with Crippen LogP contribution in [0.4, 0.5) is 0 Å². The number of ether oxygens (including phenoxy) is 3. The van der Waals surface area contributed by atoms with E-state index < -0.39 is 12.3 Å². The Morgan fingerprint density at radius 2 is 2.15 bits per heavy atom. The highest BCUT2D eigenvalue weighted by Crippen LogP contribution is 2.38. The average Bonchev–Trinajstić information content (AvgIpc) is 2.60. The van der Waals surface area contributed by atoms with E-state index in [0.29, 0.717) is 16.9 Å². The SMILES string of the molecule is COc1c(OCc2ccc(C)cc2Cl)cc2c(c1C=O)CC(O)OC2=O. The third-order valence-corrected chi connectivity index (χ3v) is 4.50. The Morgan fingerprint density at radius 1 is 1.38 bits per heavy atom. The van der Waals surface area contributed by atoms with Crippen molar-refractivity contribution in [3.8, 4) is 11.5 Å². The molecule has 136 valence electrons. The Balaban J connectivity index is 2.00. The van der Waals surface area contributed by atoms with Gasteiger partial charge in [-0.15, -0.1) is 0 Å². The predicted octanol–water partition coefficient (Wildman–Crippen LogP) is 3.08. The zero-order chi connectivity index (χ0) is 18.8. The molecule has 0 bridgehead atoms. The molecule has 3 rings (SSSR count). The molecular formula is C19H17ClO6. The van der Waals surface area contributed by atoms with Crippen LogP contribution in [0.25, 0.3) is 0 Å². The topological polar surface area (TPSA) is 82.1 Å². The second kappa shape index (κ2) is 7.35. The van der Waals surface area contributed by atoms with Crippen molar-refractivity contribution in [3.63, 3.8) is 0 Å². The number of rotatable bonds is 5. The van der Waals surface area contributed by atoms with Crippen molar-refractivity contribution < 1.29 is 28.9 Å².